The lowest BCUT2D eigenvalue weighted by atomic mass is 9.95. The summed E-state index contributed by atoms with van der Waals surface area (Å²) < 4.78 is 0. The van der Waals surface area contributed by atoms with Crippen LogP contribution in [0.2, 0.25) is 0 Å². The first-order valence-corrected chi connectivity index (χ1v) is 4.54. The lowest BCUT2D eigenvalue weighted by molar-refractivity contribution is 0.996. The van der Waals surface area contributed by atoms with Gasteiger partial charge in [0, 0.05) is 12.5 Å². The molecule has 2 aliphatic carbocycles. The van der Waals surface area contributed by atoms with Gasteiger partial charge in [-0.2, -0.15) is 0 Å². The molecule has 2 N–H and O–H groups in total. The molecule has 0 fully saturated rings. The molecule has 14 heavy (non-hydrogen) atoms. The molecule has 0 radical (unpaired) electrons. The van der Waals surface area contributed by atoms with Crippen LogP contribution in [0.5, 0.6) is 0 Å². The minimum absolute atomic E-state index is 0. The second kappa shape index (κ2) is 4.99. The maximum Gasteiger partial charge on any atom is 0.0204 e. The molecule has 0 saturated heterocycles. The molecule has 0 bridgehead atoms. The van der Waals surface area contributed by atoms with Gasteiger partial charge in [0.25, 0.3) is 0 Å². The molecule has 0 aliphatic heterocycles. The molecule has 0 spiro atoms. The summed E-state index contributed by atoms with van der Waals surface area (Å²) in [7, 11) is 0. The second-order valence-corrected chi connectivity index (χ2v) is 3.24. The molecule has 2 aliphatic rings. The van der Waals surface area contributed by atoms with Crippen LogP contribution in [0.3, 0.4) is 0 Å². The maximum atomic E-state index is 5.58. The Hall–Kier alpha value is -1.05. The summed E-state index contributed by atoms with van der Waals surface area (Å²) in [6.07, 6.45) is 17.0. The highest BCUT2D eigenvalue weighted by atomic mass is 35.5. The zero-order valence-corrected chi connectivity index (χ0v) is 8.71. The van der Waals surface area contributed by atoms with Crippen molar-refractivity contribution in [2.75, 3.05) is 6.54 Å². The molecule has 0 heterocycles. The van der Waals surface area contributed by atoms with Crippen molar-refractivity contribution in [3.05, 3.63) is 59.8 Å². The Morgan fingerprint density at radius 2 is 1.93 bits per heavy atom. The fraction of sp³-hybridized carbons (Fsp3) is 0.167. The van der Waals surface area contributed by atoms with Gasteiger partial charge in [-0.1, -0.05) is 48.6 Å². The van der Waals surface area contributed by atoms with E-state index in [0.29, 0.717) is 12.5 Å². The van der Waals surface area contributed by atoms with Crippen LogP contribution in [0, 0.1) is 5.92 Å². The van der Waals surface area contributed by atoms with E-state index in [9.17, 15) is 0 Å². The van der Waals surface area contributed by atoms with E-state index in [1.54, 1.807) is 0 Å². The van der Waals surface area contributed by atoms with Crippen LogP contribution < -0.4 is 5.73 Å². The SMILES string of the molecule is Cl.NCC1=CC=C2C=CC=CC2C=C1. The summed E-state index contributed by atoms with van der Waals surface area (Å²) in [4.78, 5) is 0. The van der Waals surface area contributed by atoms with E-state index in [0.717, 1.165) is 0 Å². The highest BCUT2D eigenvalue weighted by Gasteiger charge is 2.08. The van der Waals surface area contributed by atoms with Crippen molar-refractivity contribution < 1.29 is 0 Å². The number of nitrogens with two attached hydrogens (primary N) is 1. The first-order chi connectivity index (χ1) is 6.40. The first kappa shape index (κ1) is 11.0. The molecule has 0 saturated carbocycles. The van der Waals surface area contributed by atoms with Crippen molar-refractivity contribution in [1.82, 2.24) is 0 Å². The molecule has 2 rings (SSSR count). The number of rotatable bonds is 1. The Balaban J connectivity index is 0.000000980. The van der Waals surface area contributed by atoms with E-state index in [-0.39, 0.29) is 12.4 Å². The molecular formula is C12H14ClN. The highest BCUT2D eigenvalue weighted by Crippen LogP contribution is 2.23. The summed E-state index contributed by atoms with van der Waals surface area (Å²) in [6.45, 7) is 0.612. The number of hydrogen-bond acceptors (Lipinski definition) is 1. The Morgan fingerprint density at radius 1 is 1.07 bits per heavy atom. The van der Waals surface area contributed by atoms with Crippen LogP contribution >= 0.6 is 12.4 Å². The molecule has 1 atom stereocenters. The highest BCUT2D eigenvalue weighted by molar-refractivity contribution is 5.85. The molecule has 1 nitrogen and oxygen atoms in total. The molecule has 1 unspecified atom stereocenters. The summed E-state index contributed by atoms with van der Waals surface area (Å²) >= 11 is 0. The molecule has 74 valence electrons. The Morgan fingerprint density at radius 3 is 2.71 bits per heavy atom. The minimum Gasteiger partial charge on any atom is -0.326 e. The van der Waals surface area contributed by atoms with Gasteiger partial charge in [0.05, 0.1) is 0 Å². The van der Waals surface area contributed by atoms with Crippen molar-refractivity contribution >= 4 is 12.4 Å². The van der Waals surface area contributed by atoms with Gasteiger partial charge in [-0.3, -0.25) is 0 Å². The summed E-state index contributed by atoms with van der Waals surface area (Å²) in [5.74, 6) is 0.435. The molecule has 0 aromatic heterocycles. The van der Waals surface area contributed by atoms with Crippen LogP contribution in [0.25, 0.3) is 0 Å². The maximum absolute atomic E-state index is 5.58. The minimum atomic E-state index is 0. The van der Waals surface area contributed by atoms with Gasteiger partial charge >= 0.3 is 0 Å². The van der Waals surface area contributed by atoms with Gasteiger partial charge in [0.1, 0.15) is 0 Å². The third kappa shape index (κ3) is 2.25. The van der Waals surface area contributed by atoms with E-state index in [1.807, 2.05) is 0 Å². The van der Waals surface area contributed by atoms with Crippen LogP contribution in [-0.2, 0) is 0 Å². The predicted molar refractivity (Wildman–Crippen MR) is 63.4 cm³/mol. The van der Waals surface area contributed by atoms with Crippen LogP contribution in [-0.4, -0.2) is 6.54 Å². The summed E-state index contributed by atoms with van der Waals surface area (Å²) in [5.41, 5.74) is 8.10. The number of halogens is 1. The van der Waals surface area contributed by atoms with Crippen molar-refractivity contribution in [3.8, 4) is 0 Å². The van der Waals surface area contributed by atoms with E-state index < -0.39 is 0 Å². The molecule has 0 amide bonds. The molecule has 2 heteroatoms. The average molecular weight is 208 g/mol. The van der Waals surface area contributed by atoms with Crippen molar-refractivity contribution in [2.45, 2.75) is 0 Å². The molecule has 0 aromatic rings. The predicted octanol–water partition coefficient (Wildman–Crippen LogP) is 2.53. The lowest BCUT2D eigenvalue weighted by Gasteiger charge is -2.10. The number of hydrogen-bond donors (Lipinski definition) is 1. The zero-order chi connectivity index (χ0) is 9.10. The standard InChI is InChI=1S/C12H13N.ClH/c13-9-10-5-7-11-3-1-2-4-12(11)8-6-10;/h1-8,11H,9,13H2;1H. The van der Waals surface area contributed by atoms with Crippen LogP contribution in [0.1, 0.15) is 0 Å². The summed E-state index contributed by atoms with van der Waals surface area (Å²) in [6, 6.07) is 0. The van der Waals surface area contributed by atoms with E-state index in [4.69, 9.17) is 5.73 Å². The van der Waals surface area contributed by atoms with E-state index in [1.165, 1.54) is 11.1 Å². The third-order valence-corrected chi connectivity index (χ3v) is 2.35. The quantitative estimate of drug-likeness (QED) is 0.703. The molecule has 0 aromatic carbocycles. The van der Waals surface area contributed by atoms with Crippen molar-refractivity contribution in [3.63, 3.8) is 0 Å². The van der Waals surface area contributed by atoms with Crippen LogP contribution in [0.15, 0.2) is 59.8 Å². The zero-order valence-electron chi connectivity index (χ0n) is 7.89. The monoisotopic (exact) mass is 207 g/mol. The van der Waals surface area contributed by atoms with Gasteiger partial charge in [-0.15, -0.1) is 12.4 Å². The Labute approximate surface area is 90.8 Å². The van der Waals surface area contributed by atoms with Gasteiger partial charge in [-0.25, -0.2) is 0 Å². The second-order valence-electron chi connectivity index (χ2n) is 3.24. The average Bonchev–Trinajstić information content (AvgIpc) is 2.39. The van der Waals surface area contributed by atoms with E-state index in [2.05, 4.69) is 48.6 Å². The van der Waals surface area contributed by atoms with Gasteiger partial charge in [0.15, 0.2) is 0 Å². The largest absolute Gasteiger partial charge is 0.326 e. The van der Waals surface area contributed by atoms with E-state index >= 15 is 0 Å². The van der Waals surface area contributed by atoms with Gasteiger partial charge in [0.2, 0.25) is 0 Å². The lowest BCUT2D eigenvalue weighted by Crippen LogP contribution is -2.00. The number of allylic oxidation sites excluding steroid dienone is 8. The van der Waals surface area contributed by atoms with Gasteiger partial charge < -0.3 is 5.73 Å². The smallest absolute Gasteiger partial charge is 0.0204 e. The first-order valence-electron chi connectivity index (χ1n) is 4.54. The third-order valence-electron chi connectivity index (χ3n) is 2.35. The molecular weight excluding hydrogens is 194 g/mol. The fourth-order valence-electron chi connectivity index (χ4n) is 1.54. The van der Waals surface area contributed by atoms with Crippen molar-refractivity contribution in [2.24, 2.45) is 11.7 Å². The normalized spacial score (nSPS) is 23.1. The Bertz CT molecular complexity index is 345. The van der Waals surface area contributed by atoms with Gasteiger partial charge in [-0.05, 0) is 11.1 Å². The number of fused-ring (bicyclic) bond motifs is 1. The fourth-order valence-corrected chi connectivity index (χ4v) is 1.54. The topological polar surface area (TPSA) is 26.0 Å². The van der Waals surface area contributed by atoms with Crippen molar-refractivity contribution in [1.29, 1.82) is 0 Å². The van der Waals surface area contributed by atoms with Crippen LogP contribution in [0.4, 0.5) is 0 Å². The summed E-state index contributed by atoms with van der Waals surface area (Å²) in [5, 5.41) is 0. The Kier molecular flexibility index (Phi) is 3.93.